The third kappa shape index (κ3) is 4.00. The second-order valence-electron chi connectivity index (χ2n) is 6.91. The quantitative estimate of drug-likeness (QED) is 0.868. The van der Waals surface area contributed by atoms with Gasteiger partial charge in [0.15, 0.2) is 0 Å². The van der Waals surface area contributed by atoms with Gasteiger partial charge in [-0.3, -0.25) is 4.79 Å². The molecule has 0 saturated heterocycles. The molecule has 21 heavy (non-hydrogen) atoms. The second-order valence-corrected chi connectivity index (χ2v) is 8.19. The SMILES string of the molecule is CC(C)(C)C1CCC(C(=O)O)C(Sc2ccccc2F)C1. The van der Waals surface area contributed by atoms with Gasteiger partial charge in [-0.05, 0) is 42.7 Å². The molecule has 3 unspecified atom stereocenters. The number of benzene rings is 1. The summed E-state index contributed by atoms with van der Waals surface area (Å²) >= 11 is 1.39. The Balaban J connectivity index is 2.18. The highest BCUT2D eigenvalue weighted by Crippen LogP contribution is 2.46. The van der Waals surface area contributed by atoms with E-state index in [-0.39, 0.29) is 22.4 Å². The Hall–Kier alpha value is -1.03. The standard InChI is InChI=1S/C17H23FO2S/c1-17(2,3)11-8-9-12(16(19)20)15(10-11)21-14-7-5-4-6-13(14)18/h4-7,11-12,15H,8-10H2,1-3H3,(H,19,20). The van der Waals surface area contributed by atoms with Gasteiger partial charge in [0.25, 0.3) is 0 Å². The van der Waals surface area contributed by atoms with Gasteiger partial charge in [0, 0.05) is 10.1 Å². The van der Waals surface area contributed by atoms with Gasteiger partial charge in [0.2, 0.25) is 0 Å². The van der Waals surface area contributed by atoms with Crippen LogP contribution in [0.2, 0.25) is 0 Å². The molecule has 3 atom stereocenters. The largest absolute Gasteiger partial charge is 0.481 e. The molecule has 116 valence electrons. The number of halogens is 1. The first-order chi connectivity index (χ1) is 9.79. The summed E-state index contributed by atoms with van der Waals surface area (Å²) in [5.41, 5.74) is 0.164. The molecular formula is C17H23FO2S. The molecule has 0 amide bonds. The molecule has 1 N–H and O–H groups in total. The van der Waals surface area contributed by atoms with E-state index >= 15 is 0 Å². The molecule has 0 heterocycles. The highest BCUT2D eigenvalue weighted by molar-refractivity contribution is 8.00. The summed E-state index contributed by atoms with van der Waals surface area (Å²) in [6, 6.07) is 6.62. The lowest BCUT2D eigenvalue weighted by Gasteiger charge is -2.40. The topological polar surface area (TPSA) is 37.3 Å². The molecule has 0 bridgehead atoms. The minimum atomic E-state index is -0.754. The highest BCUT2D eigenvalue weighted by atomic mass is 32.2. The summed E-state index contributed by atoms with van der Waals surface area (Å²) in [7, 11) is 0. The van der Waals surface area contributed by atoms with E-state index in [1.54, 1.807) is 18.2 Å². The molecule has 0 radical (unpaired) electrons. The van der Waals surface area contributed by atoms with Crippen molar-refractivity contribution in [2.45, 2.75) is 50.2 Å². The maximum absolute atomic E-state index is 13.8. The zero-order valence-electron chi connectivity index (χ0n) is 12.8. The Labute approximate surface area is 130 Å². The van der Waals surface area contributed by atoms with E-state index in [1.165, 1.54) is 17.8 Å². The Morgan fingerprint density at radius 3 is 2.52 bits per heavy atom. The molecule has 1 fully saturated rings. The van der Waals surface area contributed by atoms with E-state index < -0.39 is 5.97 Å². The van der Waals surface area contributed by atoms with Gasteiger partial charge in [-0.15, -0.1) is 11.8 Å². The summed E-state index contributed by atoms with van der Waals surface area (Å²) in [4.78, 5) is 12.0. The minimum absolute atomic E-state index is 0.0580. The van der Waals surface area contributed by atoms with Crippen molar-refractivity contribution < 1.29 is 14.3 Å². The maximum atomic E-state index is 13.8. The first-order valence-electron chi connectivity index (χ1n) is 7.43. The van der Waals surface area contributed by atoms with Crippen molar-refractivity contribution in [3.05, 3.63) is 30.1 Å². The van der Waals surface area contributed by atoms with E-state index in [1.807, 2.05) is 0 Å². The Bertz CT molecular complexity index is 510. The number of hydrogen-bond acceptors (Lipinski definition) is 2. The summed E-state index contributed by atoms with van der Waals surface area (Å²) in [5.74, 6) is -0.911. The number of thioether (sulfide) groups is 1. The van der Waals surface area contributed by atoms with Crippen molar-refractivity contribution in [3.63, 3.8) is 0 Å². The molecule has 2 nitrogen and oxygen atoms in total. The molecule has 2 rings (SSSR count). The number of carbonyl (C=O) groups is 1. The molecule has 1 aliphatic rings. The average Bonchev–Trinajstić information content (AvgIpc) is 2.40. The van der Waals surface area contributed by atoms with Crippen LogP contribution in [0.15, 0.2) is 29.2 Å². The molecule has 0 spiro atoms. The van der Waals surface area contributed by atoms with Gasteiger partial charge in [0.05, 0.1) is 5.92 Å². The normalized spacial score (nSPS) is 26.6. The van der Waals surface area contributed by atoms with Gasteiger partial charge >= 0.3 is 5.97 Å². The first-order valence-corrected chi connectivity index (χ1v) is 8.31. The van der Waals surface area contributed by atoms with E-state index in [9.17, 15) is 14.3 Å². The van der Waals surface area contributed by atoms with Gasteiger partial charge < -0.3 is 5.11 Å². The minimum Gasteiger partial charge on any atom is -0.481 e. The smallest absolute Gasteiger partial charge is 0.307 e. The predicted molar refractivity (Wildman–Crippen MR) is 84.0 cm³/mol. The summed E-state index contributed by atoms with van der Waals surface area (Å²) < 4.78 is 13.8. The zero-order valence-corrected chi connectivity index (χ0v) is 13.6. The number of hydrogen-bond donors (Lipinski definition) is 1. The highest BCUT2D eigenvalue weighted by Gasteiger charge is 2.39. The van der Waals surface area contributed by atoms with Crippen LogP contribution >= 0.6 is 11.8 Å². The lowest BCUT2D eigenvalue weighted by molar-refractivity contribution is -0.143. The Kier molecular flexibility index (Phi) is 4.97. The van der Waals surface area contributed by atoms with Gasteiger partial charge in [-0.1, -0.05) is 32.9 Å². The summed E-state index contributed by atoms with van der Waals surface area (Å²) in [5, 5.41) is 9.38. The van der Waals surface area contributed by atoms with Crippen molar-refractivity contribution in [3.8, 4) is 0 Å². The van der Waals surface area contributed by atoms with E-state index in [0.717, 1.165) is 12.8 Å². The number of carboxylic acid groups (broad SMARTS) is 1. The van der Waals surface area contributed by atoms with E-state index in [2.05, 4.69) is 20.8 Å². The number of rotatable bonds is 3. The van der Waals surface area contributed by atoms with Crippen LogP contribution in [-0.2, 0) is 4.79 Å². The fraction of sp³-hybridized carbons (Fsp3) is 0.588. The molecule has 0 aromatic heterocycles. The zero-order chi connectivity index (χ0) is 15.6. The average molecular weight is 310 g/mol. The van der Waals surface area contributed by atoms with E-state index in [0.29, 0.717) is 17.2 Å². The van der Waals surface area contributed by atoms with Crippen molar-refractivity contribution in [2.24, 2.45) is 17.3 Å². The third-order valence-electron chi connectivity index (χ3n) is 4.45. The van der Waals surface area contributed by atoms with Crippen LogP contribution in [0.1, 0.15) is 40.0 Å². The van der Waals surface area contributed by atoms with Gasteiger partial charge in [0.1, 0.15) is 5.82 Å². The molecule has 4 heteroatoms. The summed E-state index contributed by atoms with van der Waals surface area (Å²) in [6.45, 7) is 6.59. The van der Waals surface area contributed by atoms with Crippen molar-refractivity contribution in [1.29, 1.82) is 0 Å². The molecular weight excluding hydrogens is 287 g/mol. The van der Waals surface area contributed by atoms with E-state index in [4.69, 9.17) is 0 Å². The predicted octanol–water partition coefficient (Wildman–Crippen LogP) is 4.83. The molecule has 1 aromatic rings. The van der Waals surface area contributed by atoms with Crippen molar-refractivity contribution in [1.82, 2.24) is 0 Å². The fourth-order valence-corrected chi connectivity index (χ4v) is 4.44. The van der Waals surface area contributed by atoms with Crippen LogP contribution in [0.3, 0.4) is 0 Å². The van der Waals surface area contributed by atoms with Crippen LogP contribution in [0, 0.1) is 23.1 Å². The Morgan fingerprint density at radius 2 is 1.95 bits per heavy atom. The summed E-state index contributed by atoms with van der Waals surface area (Å²) in [6.07, 6.45) is 2.46. The molecule has 1 aromatic carbocycles. The maximum Gasteiger partial charge on any atom is 0.307 e. The van der Waals surface area contributed by atoms with Crippen LogP contribution in [0.25, 0.3) is 0 Å². The van der Waals surface area contributed by atoms with Gasteiger partial charge in [-0.2, -0.15) is 0 Å². The molecule has 0 aliphatic heterocycles. The second kappa shape index (κ2) is 6.39. The monoisotopic (exact) mass is 310 g/mol. The van der Waals surface area contributed by atoms with Crippen LogP contribution in [0.5, 0.6) is 0 Å². The fourth-order valence-electron chi connectivity index (χ4n) is 3.03. The number of aliphatic carboxylic acids is 1. The lowest BCUT2D eigenvalue weighted by Crippen LogP contribution is -2.37. The lowest BCUT2D eigenvalue weighted by atomic mass is 9.69. The van der Waals surface area contributed by atoms with Crippen LogP contribution in [0.4, 0.5) is 4.39 Å². The third-order valence-corrected chi connectivity index (χ3v) is 5.86. The van der Waals surface area contributed by atoms with Crippen molar-refractivity contribution >= 4 is 17.7 Å². The molecule has 1 aliphatic carbocycles. The Morgan fingerprint density at radius 1 is 1.29 bits per heavy atom. The van der Waals surface area contributed by atoms with Crippen LogP contribution < -0.4 is 0 Å². The number of carboxylic acids is 1. The van der Waals surface area contributed by atoms with Crippen molar-refractivity contribution in [2.75, 3.05) is 0 Å². The molecule has 1 saturated carbocycles. The van der Waals surface area contributed by atoms with Gasteiger partial charge in [-0.25, -0.2) is 4.39 Å². The van der Waals surface area contributed by atoms with Crippen LogP contribution in [-0.4, -0.2) is 16.3 Å². The first kappa shape index (κ1) is 16.3.